The lowest BCUT2D eigenvalue weighted by Gasteiger charge is -2.08. The second-order valence-electron chi connectivity index (χ2n) is 4.39. The second-order valence-corrected chi connectivity index (χ2v) is 4.39. The SMILES string of the molecule is Cc1ccc(NCCn2ncc(C)cc2=O)cc1. The van der Waals surface area contributed by atoms with E-state index in [4.69, 9.17) is 0 Å². The molecule has 0 atom stereocenters. The molecule has 18 heavy (non-hydrogen) atoms. The van der Waals surface area contributed by atoms with Crippen molar-refractivity contribution in [2.75, 3.05) is 11.9 Å². The molecule has 0 unspecified atom stereocenters. The number of hydrogen-bond donors (Lipinski definition) is 1. The molecule has 4 nitrogen and oxygen atoms in total. The summed E-state index contributed by atoms with van der Waals surface area (Å²) in [4.78, 5) is 11.6. The van der Waals surface area contributed by atoms with Crippen LogP contribution in [0.3, 0.4) is 0 Å². The van der Waals surface area contributed by atoms with E-state index in [-0.39, 0.29) is 5.56 Å². The fourth-order valence-electron chi connectivity index (χ4n) is 1.67. The van der Waals surface area contributed by atoms with Crippen LogP contribution in [0.15, 0.2) is 41.3 Å². The molecule has 2 rings (SSSR count). The van der Waals surface area contributed by atoms with Crippen molar-refractivity contribution in [2.24, 2.45) is 0 Å². The summed E-state index contributed by atoms with van der Waals surface area (Å²) < 4.78 is 1.47. The van der Waals surface area contributed by atoms with Gasteiger partial charge in [0.05, 0.1) is 12.7 Å². The Balaban J connectivity index is 1.92. The Morgan fingerprint density at radius 3 is 2.56 bits per heavy atom. The Morgan fingerprint density at radius 1 is 1.17 bits per heavy atom. The number of nitrogens with zero attached hydrogens (tertiary/aromatic N) is 2. The van der Waals surface area contributed by atoms with E-state index in [2.05, 4.69) is 29.5 Å². The van der Waals surface area contributed by atoms with Gasteiger partial charge in [-0.05, 0) is 31.5 Å². The number of aryl methyl sites for hydroxylation is 2. The van der Waals surface area contributed by atoms with Crippen molar-refractivity contribution in [2.45, 2.75) is 20.4 Å². The molecule has 0 saturated heterocycles. The minimum Gasteiger partial charge on any atom is -0.383 e. The molecule has 0 aliphatic heterocycles. The van der Waals surface area contributed by atoms with E-state index in [1.165, 1.54) is 10.2 Å². The fraction of sp³-hybridized carbons (Fsp3) is 0.286. The lowest BCUT2D eigenvalue weighted by molar-refractivity contribution is 0.595. The summed E-state index contributed by atoms with van der Waals surface area (Å²) in [7, 11) is 0. The molecule has 0 aliphatic rings. The molecule has 0 radical (unpaired) electrons. The number of nitrogens with one attached hydrogen (secondary N) is 1. The molecule has 4 heteroatoms. The third-order valence-corrected chi connectivity index (χ3v) is 2.71. The molecule has 1 heterocycles. The van der Waals surface area contributed by atoms with Crippen LogP contribution in [0.1, 0.15) is 11.1 Å². The smallest absolute Gasteiger partial charge is 0.267 e. The highest BCUT2D eigenvalue weighted by molar-refractivity contribution is 5.44. The van der Waals surface area contributed by atoms with E-state index in [0.29, 0.717) is 13.1 Å². The van der Waals surface area contributed by atoms with Gasteiger partial charge in [0.25, 0.3) is 5.56 Å². The molecule has 94 valence electrons. The number of anilines is 1. The van der Waals surface area contributed by atoms with E-state index in [1.54, 1.807) is 12.3 Å². The summed E-state index contributed by atoms with van der Waals surface area (Å²) in [5, 5.41) is 7.35. The van der Waals surface area contributed by atoms with Crippen molar-refractivity contribution >= 4 is 5.69 Å². The zero-order valence-corrected chi connectivity index (χ0v) is 10.7. The zero-order chi connectivity index (χ0) is 13.0. The van der Waals surface area contributed by atoms with Gasteiger partial charge in [0.2, 0.25) is 0 Å². The van der Waals surface area contributed by atoms with Crippen LogP contribution < -0.4 is 10.9 Å². The van der Waals surface area contributed by atoms with Crippen molar-refractivity contribution in [1.82, 2.24) is 9.78 Å². The number of benzene rings is 1. The maximum Gasteiger partial charge on any atom is 0.267 e. The molecule has 0 fully saturated rings. The highest BCUT2D eigenvalue weighted by Crippen LogP contribution is 2.07. The lowest BCUT2D eigenvalue weighted by atomic mass is 10.2. The molecule has 1 N–H and O–H groups in total. The van der Waals surface area contributed by atoms with Crippen LogP contribution in [-0.4, -0.2) is 16.3 Å². The largest absolute Gasteiger partial charge is 0.383 e. The Hall–Kier alpha value is -2.10. The van der Waals surface area contributed by atoms with Crippen molar-refractivity contribution in [3.05, 3.63) is 58.0 Å². The molecule has 1 aromatic heterocycles. The summed E-state index contributed by atoms with van der Waals surface area (Å²) in [6.45, 7) is 5.16. The lowest BCUT2D eigenvalue weighted by Crippen LogP contribution is -2.25. The minimum absolute atomic E-state index is 0.0549. The second kappa shape index (κ2) is 5.49. The highest BCUT2D eigenvalue weighted by atomic mass is 16.1. The predicted molar refractivity (Wildman–Crippen MR) is 72.9 cm³/mol. The minimum atomic E-state index is -0.0549. The first kappa shape index (κ1) is 12.4. The predicted octanol–water partition coefficient (Wildman–Crippen LogP) is 1.97. The van der Waals surface area contributed by atoms with Gasteiger partial charge in [-0.3, -0.25) is 4.79 Å². The van der Waals surface area contributed by atoms with Crippen molar-refractivity contribution < 1.29 is 0 Å². The maximum absolute atomic E-state index is 11.6. The topological polar surface area (TPSA) is 46.9 Å². The van der Waals surface area contributed by atoms with Gasteiger partial charge in [-0.25, -0.2) is 4.68 Å². The number of aromatic nitrogens is 2. The molecule has 0 aliphatic carbocycles. The van der Waals surface area contributed by atoms with Gasteiger partial charge >= 0.3 is 0 Å². The molecule has 0 bridgehead atoms. The van der Waals surface area contributed by atoms with E-state index >= 15 is 0 Å². The van der Waals surface area contributed by atoms with Gasteiger partial charge in [-0.15, -0.1) is 0 Å². The Morgan fingerprint density at radius 2 is 1.89 bits per heavy atom. The summed E-state index contributed by atoms with van der Waals surface area (Å²) in [6.07, 6.45) is 1.70. The van der Waals surface area contributed by atoms with Crippen LogP contribution in [0.2, 0.25) is 0 Å². The van der Waals surface area contributed by atoms with Gasteiger partial charge in [0.15, 0.2) is 0 Å². The van der Waals surface area contributed by atoms with Crippen LogP contribution >= 0.6 is 0 Å². The molecule has 1 aromatic carbocycles. The van der Waals surface area contributed by atoms with E-state index in [0.717, 1.165) is 11.3 Å². The Bertz CT molecular complexity index is 572. The van der Waals surface area contributed by atoms with Crippen molar-refractivity contribution in [3.63, 3.8) is 0 Å². The summed E-state index contributed by atoms with van der Waals surface area (Å²) in [5.74, 6) is 0. The zero-order valence-electron chi connectivity index (χ0n) is 10.7. The van der Waals surface area contributed by atoms with E-state index in [9.17, 15) is 4.79 Å². The molecule has 0 spiro atoms. The van der Waals surface area contributed by atoms with E-state index < -0.39 is 0 Å². The standard InChI is InChI=1S/C14H17N3O/c1-11-3-5-13(6-4-11)15-7-8-17-14(18)9-12(2)10-16-17/h3-6,9-10,15H,7-8H2,1-2H3. The van der Waals surface area contributed by atoms with Crippen molar-refractivity contribution in [1.29, 1.82) is 0 Å². The third-order valence-electron chi connectivity index (χ3n) is 2.71. The number of rotatable bonds is 4. The first-order valence-corrected chi connectivity index (χ1v) is 5.99. The summed E-state index contributed by atoms with van der Waals surface area (Å²) in [5.41, 5.74) is 3.13. The Labute approximate surface area is 106 Å². The highest BCUT2D eigenvalue weighted by Gasteiger charge is 1.97. The van der Waals surface area contributed by atoms with E-state index in [1.807, 2.05) is 19.1 Å². The Kier molecular flexibility index (Phi) is 3.77. The first-order chi connectivity index (χ1) is 8.65. The molecule has 2 aromatic rings. The number of hydrogen-bond acceptors (Lipinski definition) is 3. The van der Waals surface area contributed by atoms with Crippen LogP contribution in [0, 0.1) is 13.8 Å². The molecular formula is C14H17N3O. The normalized spacial score (nSPS) is 10.3. The fourth-order valence-corrected chi connectivity index (χ4v) is 1.67. The maximum atomic E-state index is 11.6. The first-order valence-electron chi connectivity index (χ1n) is 5.99. The average Bonchev–Trinajstić information content (AvgIpc) is 2.34. The van der Waals surface area contributed by atoms with Gasteiger partial charge in [-0.2, -0.15) is 5.10 Å². The summed E-state index contributed by atoms with van der Waals surface area (Å²) >= 11 is 0. The van der Waals surface area contributed by atoms with Crippen LogP contribution in [0.5, 0.6) is 0 Å². The third kappa shape index (κ3) is 3.20. The average molecular weight is 243 g/mol. The quantitative estimate of drug-likeness (QED) is 0.893. The monoisotopic (exact) mass is 243 g/mol. The van der Waals surface area contributed by atoms with Crippen LogP contribution in [0.25, 0.3) is 0 Å². The molecular weight excluding hydrogens is 226 g/mol. The molecule has 0 amide bonds. The van der Waals surface area contributed by atoms with Crippen LogP contribution in [-0.2, 0) is 6.54 Å². The summed E-state index contributed by atoms with van der Waals surface area (Å²) in [6, 6.07) is 9.76. The van der Waals surface area contributed by atoms with Gasteiger partial charge in [0, 0.05) is 18.3 Å². The van der Waals surface area contributed by atoms with Gasteiger partial charge in [0.1, 0.15) is 0 Å². The van der Waals surface area contributed by atoms with Crippen LogP contribution in [0.4, 0.5) is 5.69 Å². The molecule has 0 saturated carbocycles. The van der Waals surface area contributed by atoms with Gasteiger partial charge in [-0.1, -0.05) is 17.7 Å². The van der Waals surface area contributed by atoms with Crippen molar-refractivity contribution in [3.8, 4) is 0 Å². The van der Waals surface area contributed by atoms with Gasteiger partial charge < -0.3 is 5.32 Å².